The summed E-state index contributed by atoms with van der Waals surface area (Å²) in [6, 6.07) is 71.0. The summed E-state index contributed by atoms with van der Waals surface area (Å²) in [5.74, 6) is 1.79. The molecule has 1 aliphatic rings. The van der Waals surface area contributed by atoms with E-state index in [-0.39, 0.29) is 5.41 Å². The Morgan fingerprint density at radius 1 is 0.409 bits per heavy atom. The van der Waals surface area contributed by atoms with Crippen LogP contribution >= 0.6 is 0 Å². The number of furan rings is 1. The number of para-hydroxylation sites is 3. The van der Waals surface area contributed by atoms with Crippen molar-refractivity contribution in [2.75, 3.05) is 0 Å². The van der Waals surface area contributed by atoms with Gasteiger partial charge in [0.1, 0.15) is 5.58 Å². The molecule has 0 bridgehead atoms. The van der Waals surface area contributed by atoms with Crippen LogP contribution in [0.1, 0.15) is 25.0 Å². The molecular formula is C60H39N5O. The maximum absolute atomic E-state index is 7.00. The number of hydrogen-bond donors (Lipinski definition) is 0. The average molecular weight is 846 g/mol. The Bertz CT molecular complexity index is 4140. The molecule has 6 nitrogen and oxygen atoms in total. The van der Waals surface area contributed by atoms with Crippen molar-refractivity contribution in [2.45, 2.75) is 19.3 Å². The highest BCUT2D eigenvalue weighted by Gasteiger charge is 2.37. The lowest BCUT2D eigenvalue weighted by atomic mass is 9.82. The van der Waals surface area contributed by atoms with Gasteiger partial charge in [-0.15, -0.1) is 0 Å². The molecule has 0 amide bonds. The maximum Gasteiger partial charge on any atom is 0.238 e. The molecule has 9 aromatic carbocycles. The quantitative estimate of drug-likeness (QED) is 0.173. The van der Waals surface area contributed by atoms with Gasteiger partial charge >= 0.3 is 0 Å². The molecule has 6 heteroatoms. The van der Waals surface area contributed by atoms with E-state index >= 15 is 0 Å². The van der Waals surface area contributed by atoms with Crippen molar-refractivity contribution in [2.24, 2.45) is 0 Å². The smallest absolute Gasteiger partial charge is 0.238 e. The van der Waals surface area contributed by atoms with Crippen LogP contribution in [0, 0.1) is 0 Å². The number of benzene rings is 9. The van der Waals surface area contributed by atoms with Gasteiger partial charge in [0.2, 0.25) is 5.95 Å². The molecule has 0 radical (unpaired) electrons. The Morgan fingerprint density at radius 3 is 1.76 bits per heavy atom. The van der Waals surface area contributed by atoms with Crippen LogP contribution in [-0.2, 0) is 5.41 Å². The van der Waals surface area contributed by atoms with E-state index in [1.54, 1.807) is 0 Å². The van der Waals surface area contributed by atoms with Crippen molar-refractivity contribution in [1.29, 1.82) is 0 Å². The van der Waals surface area contributed by atoms with Crippen molar-refractivity contribution in [3.05, 3.63) is 211 Å². The zero-order valence-electron chi connectivity index (χ0n) is 36.2. The fraction of sp³-hybridized carbons (Fsp3) is 0.0500. The third-order valence-electron chi connectivity index (χ3n) is 14.0. The molecule has 0 fully saturated rings. The topological polar surface area (TPSA) is 61.7 Å². The molecule has 0 aliphatic heterocycles. The molecule has 13 aromatic rings. The lowest BCUT2D eigenvalue weighted by Gasteiger charge is -2.21. The molecule has 66 heavy (non-hydrogen) atoms. The summed E-state index contributed by atoms with van der Waals surface area (Å²) in [4.78, 5) is 16.3. The van der Waals surface area contributed by atoms with Crippen LogP contribution in [0.15, 0.2) is 205 Å². The van der Waals surface area contributed by atoms with Gasteiger partial charge < -0.3 is 8.98 Å². The molecule has 0 N–H and O–H groups in total. The summed E-state index contributed by atoms with van der Waals surface area (Å²) >= 11 is 0. The predicted octanol–water partition coefficient (Wildman–Crippen LogP) is 15.3. The van der Waals surface area contributed by atoms with Gasteiger partial charge in [-0.2, -0.15) is 9.97 Å². The van der Waals surface area contributed by atoms with E-state index < -0.39 is 0 Å². The number of aromatic nitrogens is 5. The molecule has 310 valence electrons. The summed E-state index contributed by atoms with van der Waals surface area (Å²) < 4.78 is 11.7. The Morgan fingerprint density at radius 2 is 0.985 bits per heavy atom. The third-order valence-corrected chi connectivity index (χ3v) is 14.0. The Hall–Kier alpha value is -8.61. The normalized spacial score (nSPS) is 13.1. The molecule has 1 aliphatic carbocycles. The minimum absolute atomic E-state index is 0.182. The molecule has 0 atom stereocenters. The Labute approximate surface area is 379 Å². The van der Waals surface area contributed by atoms with Crippen LogP contribution in [0.2, 0.25) is 0 Å². The zero-order chi connectivity index (χ0) is 43.7. The summed E-state index contributed by atoms with van der Waals surface area (Å²) in [7, 11) is 0. The number of rotatable bonds is 5. The van der Waals surface area contributed by atoms with Gasteiger partial charge in [0.25, 0.3) is 0 Å². The van der Waals surface area contributed by atoms with E-state index in [1.807, 2.05) is 24.3 Å². The molecule has 4 heterocycles. The fourth-order valence-corrected chi connectivity index (χ4v) is 11.0. The molecule has 0 saturated heterocycles. The lowest BCUT2D eigenvalue weighted by Crippen LogP contribution is -2.14. The number of fused-ring (bicyclic) bond motifs is 13. The molecule has 4 aromatic heterocycles. The first-order valence-corrected chi connectivity index (χ1v) is 22.5. The van der Waals surface area contributed by atoms with Crippen molar-refractivity contribution in [1.82, 2.24) is 24.1 Å². The van der Waals surface area contributed by atoms with Crippen molar-refractivity contribution in [3.63, 3.8) is 0 Å². The highest BCUT2D eigenvalue weighted by Crippen LogP contribution is 2.52. The second-order valence-electron chi connectivity index (χ2n) is 17.9. The monoisotopic (exact) mass is 845 g/mol. The highest BCUT2D eigenvalue weighted by molar-refractivity contribution is 6.24. The van der Waals surface area contributed by atoms with Gasteiger partial charge in [-0.05, 0) is 63.7 Å². The maximum atomic E-state index is 7.00. The number of hydrogen-bond acceptors (Lipinski definition) is 4. The van der Waals surface area contributed by atoms with Crippen molar-refractivity contribution >= 4 is 65.6 Å². The second-order valence-corrected chi connectivity index (χ2v) is 17.9. The van der Waals surface area contributed by atoms with Crippen LogP contribution in [0.3, 0.4) is 0 Å². The lowest BCUT2D eigenvalue weighted by molar-refractivity contribution is 0.660. The van der Waals surface area contributed by atoms with E-state index in [2.05, 4.69) is 199 Å². The van der Waals surface area contributed by atoms with Crippen molar-refractivity contribution < 1.29 is 4.42 Å². The van der Waals surface area contributed by atoms with E-state index in [1.165, 1.54) is 22.3 Å². The summed E-state index contributed by atoms with van der Waals surface area (Å²) in [6.07, 6.45) is 0. The van der Waals surface area contributed by atoms with Gasteiger partial charge in [-0.1, -0.05) is 184 Å². The van der Waals surface area contributed by atoms with Crippen LogP contribution < -0.4 is 0 Å². The van der Waals surface area contributed by atoms with Gasteiger partial charge in [0.05, 0.1) is 27.8 Å². The van der Waals surface area contributed by atoms with Gasteiger partial charge in [-0.25, -0.2) is 4.98 Å². The fourth-order valence-electron chi connectivity index (χ4n) is 11.0. The Balaban J connectivity index is 1.09. The number of nitrogens with zero attached hydrogens (tertiary/aromatic N) is 5. The van der Waals surface area contributed by atoms with E-state index in [9.17, 15) is 0 Å². The largest absolute Gasteiger partial charge is 0.454 e. The summed E-state index contributed by atoms with van der Waals surface area (Å²) in [5.41, 5.74) is 15.7. The van der Waals surface area contributed by atoms with E-state index in [0.29, 0.717) is 17.6 Å². The molecular weight excluding hydrogens is 807 g/mol. The summed E-state index contributed by atoms with van der Waals surface area (Å²) in [6.45, 7) is 4.62. The molecule has 0 spiro atoms. The molecule has 14 rings (SSSR count). The molecule has 0 saturated carbocycles. The molecule has 0 unspecified atom stereocenters. The zero-order valence-corrected chi connectivity index (χ0v) is 36.2. The van der Waals surface area contributed by atoms with Crippen LogP contribution in [0.4, 0.5) is 0 Å². The second kappa shape index (κ2) is 13.7. The first-order chi connectivity index (χ1) is 32.5. The van der Waals surface area contributed by atoms with Crippen LogP contribution in [-0.4, -0.2) is 24.1 Å². The minimum atomic E-state index is -0.182. The van der Waals surface area contributed by atoms with Gasteiger partial charge in [-0.3, -0.25) is 4.57 Å². The van der Waals surface area contributed by atoms with E-state index in [4.69, 9.17) is 19.4 Å². The predicted molar refractivity (Wildman–Crippen MR) is 270 cm³/mol. The van der Waals surface area contributed by atoms with Gasteiger partial charge in [0, 0.05) is 48.9 Å². The Kier molecular flexibility index (Phi) is 7.64. The first kappa shape index (κ1) is 36.8. The third kappa shape index (κ3) is 5.15. The minimum Gasteiger partial charge on any atom is -0.454 e. The average Bonchev–Trinajstić information content (AvgIpc) is 4.09. The highest BCUT2D eigenvalue weighted by atomic mass is 16.3. The standard InChI is InChI=1S/C60H39N5O/c1-60(2)47-26-12-9-23-45(47)53-46(25-15-27-48(53)60)58-61-57(37-19-7-4-8-20-37)62-59(63-58)65-50-29-14-11-22-40(50)43-34-33-42-39-21-10-13-28-49(39)64(54(42)55(43)65)51-30-16-24-44-41-32-31-38(35-52(41)66-56(44)51)36-17-5-3-6-18-36/h3-35H,1-2H3. The van der Waals surface area contributed by atoms with Crippen LogP contribution in [0.5, 0.6) is 0 Å². The summed E-state index contributed by atoms with van der Waals surface area (Å²) in [5, 5.41) is 6.63. The van der Waals surface area contributed by atoms with Gasteiger partial charge in [0.15, 0.2) is 17.2 Å². The SMILES string of the molecule is CC1(C)c2ccccc2-c2c(-c3nc(-c4ccccc4)nc(-n4c5ccccc5c5ccc6c7ccccc7n(-c7cccc8c7oc7cc(-c9ccccc9)ccc78)c6c54)n3)cccc21. The van der Waals surface area contributed by atoms with Crippen molar-refractivity contribution in [3.8, 4) is 56.7 Å². The first-order valence-electron chi connectivity index (χ1n) is 22.5. The van der Waals surface area contributed by atoms with Crippen LogP contribution in [0.25, 0.3) is 122 Å². The van der Waals surface area contributed by atoms with E-state index in [0.717, 1.165) is 93.5 Å².